The summed E-state index contributed by atoms with van der Waals surface area (Å²) >= 11 is 0. The highest BCUT2D eigenvalue weighted by Gasteiger charge is 2.46. The molecule has 43 heavy (non-hydrogen) atoms. The number of methoxy groups -OCH3 is 1. The molecule has 2 amide bonds. The van der Waals surface area contributed by atoms with Crippen molar-refractivity contribution < 1.29 is 22.7 Å². The number of hydrogen-bond acceptors (Lipinski definition) is 7. The van der Waals surface area contributed by atoms with E-state index in [0.717, 1.165) is 45.3 Å². The van der Waals surface area contributed by atoms with Gasteiger partial charge >= 0.3 is 10.2 Å². The predicted molar refractivity (Wildman–Crippen MR) is 166 cm³/mol. The van der Waals surface area contributed by atoms with Crippen LogP contribution in [0.25, 0.3) is 6.08 Å². The van der Waals surface area contributed by atoms with Gasteiger partial charge in [0, 0.05) is 62.5 Å². The van der Waals surface area contributed by atoms with Crippen LogP contribution in [0.3, 0.4) is 0 Å². The van der Waals surface area contributed by atoms with Crippen molar-refractivity contribution in [1.82, 2.24) is 19.2 Å². The number of anilines is 1. The Hall–Kier alpha value is -3.41. The van der Waals surface area contributed by atoms with Crippen molar-refractivity contribution in [2.75, 3.05) is 58.8 Å². The zero-order valence-electron chi connectivity index (χ0n) is 25.1. The van der Waals surface area contributed by atoms with E-state index in [1.54, 1.807) is 13.2 Å². The maximum absolute atomic E-state index is 13.7. The number of benzene rings is 2. The average molecular weight is 608 g/mol. The van der Waals surface area contributed by atoms with E-state index in [1.807, 2.05) is 42.3 Å². The van der Waals surface area contributed by atoms with E-state index in [-0.39, 0.29) is 30.0 Å². The van der Waals surface area contributed by atoms with Crippen molar-refractivity contribution in [3.8, 4) is 5.75 Å². The van der Waals surface area contributed by atoms with Gasteiger partial charge in [-0.2, -0.15) is 12.7 Å². The number of ether oxygens (including phenoxy) is 1. The minimum atomic E-state index is -4.04. The number of likely N-dealkylation sites (N-methyl/N-ethyl adjacent to an activating group) is 2. The van der Waals surface area contributed by atoms with Crippen LogP contribution >= 0.6 is 0 Å². The van der Waals surface area contributed by atoms with Gasteiger partial charge in [0.1, 0.15) is 5.75 Å². The van der Waals surface area contributed by atoms with E-state index in [0.29, 0.717) is 37.7 Å². The van der Waals surface area contributed by atoms with E-state index in [4.69, 9.17) is 4.74 Å². The number of hydrogen-bond donors (Lipinski definition) is 2. The standard InChI is InChI=1S/C32H41N5O5S/c1-35-14-13-33-31(38)24-17-23-18-25(42-3)10-12-26(23)30-29(21-7-5-4-6-8-21)27-11-9-22(19-28(27)37(30)20-24)32(39)34-43(40,41)36(2)16-15-35/h9-12,17-19,21,29-30H,4-8,13-16,20H2,1-3H3,(H,33,38)(H,34,39). The van der Waals surface area contributed by atoms with Crippen LogP contribution in [0.2, 0.25) is 0 Å². The monoisotopic (exact) mass is 607 g/mol. The SMILES string of the molecule is COc1ccc2c(c1)C=C1CN3c4cc(ccc4C(C4CCCCC4)C23)C(=O)NS(=O)(=O)N(C)CCN(C)CCNC1=O. The Morgan fingerprint density at radius 1 is 0.907 bits per heavy atom. The van der Waals surface area contributed by atoms with Crippen LogP contribution in [0, 0.1) is 5.92 Å². The van der Waals surface area contributed by atoms with Crippen LogP contribution in [0.4, 0.5) is 5.69 Å². The molecule has 2 unspecified atom stereocenters. The fraction of sp³-hybridized carbons (Fsp3) is 0.500. The third-order valence-electron chi connectivity index (χ3n) is 9.58. The summed E-state index contributed by atoms with van der Waals surface area (Å²) in [7, 11) is 0.939. The molecule has 1 fully saturated rings. The Balaban J connectivity index is 1.50. The fourth-order valence-electron chi connectivity index (χ4n) is 7.18. The summed E-state index contributed by atoms with van der Waals surface area (Å²) < 4.78 is 35.1. The Morgan fingerprint density at radius 3 is 2.44 bits per heavy atom. The largest absolute Gasteiger partial charge is 0.497 e. The summed E-state index contributed by atoms with van der Waals surface area (Å²) in [5.74, 6) is 0.551. The smallest absolute Gasteiger partial charge is 0.303 e. The molecule has 1 aliphatic carbocycles. The molecule has 3 aliphatic heterocycles. The fourth-order valence-corrected chi connectivity index (χ4v) is 8.01. The maximum atomic E-state index is 13.7. The lowest BCUT2D eigenvalue weighted by Gasteiger charge is -2.36. The third-order valence-corrected chi connectivity index (χ3v) is 11.0. The third kappa shape index (κ3) is 5.77. The van der Waals surface area contributed by atoms with Crippen molar-refractivity contribution in [1.29, 1.82) is 0 Å². The van der Waals surface area contributed by atoms with Crippen LogP contribution in [-0.4, -0.2) is 83.4 Å². The highest BCUT2D eigenvalue weighted by molar-refractivity contribution is 7.87. The molecule has 0 saturated heterocycles. The molecule has 6 rings (SSSR count). The number of amides is 2. The Morgan fingerprint density at radius 2 is 1.67 bits per heavy atom. The Labute approximate surface area is 254 Å². The molecular formula is C32H41N5O5S. The van der Waals surface area contributed by atoms with Gasteiger partial charge in [-0.1, -0.05) is 31.4 Å². The van der Waals surface area contributed by atoms with E-state index in [1.165, 1.54) is 26.3 Å². The first kappa shape index (κ1) is 29.7. The van der Waals surface area contributed by atoms with Gasteiger partial charge in [0.25, 0.3) is 5.91 Å². The van der Waals surface area contributed by atoms with Crippen molar-refractivity contribution in [2.45, 2.75) is 44.1 Å². The summed E-state index contributed by atoms with van der Waals surface area (Å²) in [4.78, 5) is 31.3. The van der Waals surface area contributed by atoms with E-state index in [2.05, 4.69) is 21.0 Å². The van der Waals surface area contributed by atoms with Crippen molar-refractivity contribution in [3.05, 3.63) is 64.2 Å². The number of nitrogens with one attached hydrogen (secondary N) is 2. The first-order valence-corrected chi connectivity index (χ1v) is 16.6. The van der Waals surface area contributed by atoms with Crippen LogP contribution in [-0.2, 0) is 15.0 Å². The Kier molecular flexibility index (Phi) is 8.23. The minimum absolute atomic E-state index is 0.0399. The second kappa shape index (κ2) is 11.9. The molecule has 230 valence electrons. The van der Waals surface area contributed by atoms with Gasteiger partial charge < -0.3 is 19.9 Å². The quantitative estimate of drug-likeness (QED) is 0.539. The van der Waals surface area contributed by atoms with Crippen molar-refractivity contribution in [3.63, 3.8) is 0 Å². The van der Waals surface area contributed by atoms with E-state index >= 15 is 0 Å². The van der Waals surface area contributed by atoms with Crippen molar-refractivity contribution in [2.24, 2.45) is 5.92 Å². The molecule has 0 aromatic heterocycles. The van der Waals surface area contributed by atoms with Crippen LogP contribution < -0.4 is 19.7 Å². The average Bonchev–Trinajstić information content (AvgIpc) is 3.21. The molecule has 2 aromatic carbocycles. The summed E-state index contributed by atoms with van der Waals surface area (Å²) in [5, 5.41) is 3.09. The van der Waals surface area contributed by atoms with Crippen LogP contribution in [0.15, 0.2) is 42.0 Å². The second-order valence-corrected chi connectivity index (χ2v) is 14.0. The Bertz CT molecular complexity index is 1550. The summed E-state index contributed by atoms with van der Waals surface area (Å²) in [6, 6.07) is 11.6. The molecule has 4 aliphatic rings. The maximum Gasteiger partial charge on any atom is 0.303 e. The molecule has 1 saturated carbocycles. The van der Waals surface area contributed by atoms with Gasteiger partial charge in [-0.25, -0.2) is 4.72 Å². The van der Waals surface area contributed by atoms with Crippen molar-refractivity contribution >= 4 is 33.8 Å². The number of nitrogens with zero attached hydrogens (tertiary/aromatic N) is 3. The normalized spacial score (nSPS) is 25.3. The highest BCUT2D eigenvalue weighted by Crippen LogP contribution is 2.57. The molecule has 0 radical (unpaired) electrons. The summed E-state index contributed by atoms with van der Waals surface area (Å²) in [6.07, 6.45) is 7.85. The van der Waals surface area contributed by atoms with Gasteiger partial charge in [0.05, 0.1) is 13.2 Å². The van der Waals surface area contributed by atoms with Gasteiger partial charge in [0.15, 0.2) is 0 Å². The molecule has 11 heteroatoms. The number of carbonyl (C=O) groups excluding carboxylic acids is 2. The predicted octanol–water partition coefficient (Wildman–Crippen LogP) is 3.29. The summed E-state index contributed by atoms with van der Waals surface area (Å²) in [6.45, 7) is 1.96. The zero-order chi connectivity index (χ0) is 30.3. The molecule has 3 heterocycles. The zero-order valence-corrected chi connectivity index (χ0v) is 26.0. The molecule has 2 N–H and O–H groups in total. The summed E-state index contributed by atoms with van der Waals surface area (Å²) in [5.41, 5.74) is 5.02. The van der Waals surface area contributed by atoms with Gasteiger partial charge in [-0.05, 0) is 72.8 Å². The van der Waals surface area contributed by atoms with Crippen LogP contribution in [0.5, 0.6) is 5.75 Å². The van der Waals surface area contributed by atoms with E-state index < -0.39 is 16.1 Å². The molecule has 0 spiro atoms. The lowest BCUT2D eigenvalue weighted by atomic mass is 9.73. The van der Waals surface area contributed by atoms with Gasteiger partial charge in [-0.15, -0.1) is 0 Å². The van der Waals surface area contributed by atoms with Gasteiger partial charge in [0.2, 0.25) is 5.91 Å². The van der Waals surface area contributed by atoms with Crippen LogP contribution in [0.1, 0.15) is 71.1 Å². The highest BCUT2D eigenvalue weighted by atomic mass is 32.2. The second-order valence-electron chi connectivity index (χ2n) is 12.3. The lowest BCUT2D eigenvalue weighted by Crippen LogP contribution is -2.44. The number of rotatable bonds is 2. The topological polar surface area (TPSA) is 111 Å². The molecule has 4 bridgehead atoms. The first-order valence-electron chi connectivity index (χ1n) is 15.2. The van der Waals surface area contributed by atoms with E-state index in [9.17, 15) is 18.0 Å². The molecule has 10 nitrogen and oxygen atoms in total. The lowest BCUT2D eigenvalue weighted by molar-refractivity contribution is -0.117. The van der Waals surface area contributed by atoms with Gasteiger partial charge in [-0.3, -0.25) is 9.59 Å². The molecular weight excluding hydrogens is 566 g/mol. The minimum Gasteiger partial charge on any atom is -0.497 e. The molecule has 2 aromatic rings. The molecule has 2 atom stereocenters. The first-order chi connectivity index (χ1) is 20.7. The number of carbonyl (C=O) groups is 2. The number of fused-ring (bicyclic) bond motifs is 4.